The SMILES string of the molecule is CCc1ccc2nc(N(Cc3ccccc3)C(=O)CSc3ccc(C)cc3)sc2c1. The number of thioether (sulfide) groups is 1. The zero-order valence-electron chi connectivity index (χ0n) is 17.2. The number of thiazole rings is 1. The summed E-state index contributed by atoms with van der Waals surface area (Å²) < 4.78 is 1.13. The van der Waals surface area contributed by atoms with Gasteiger partial charge in [-0.3, -0.25) is 9.69 Å². The van der Waals surface area contributed by atoms with Gasteiger partial charge in [0.25, 0.3) is 0 Å². The third kappa shape index (κ3) is 4.91. The molecule has 1 amide bonds. The second-order valence-electron chi connectivity index (χ2n) is 7.22. The maximum absolute atomic E-state index is 13.3. The van der Waals surface area contributed by atoms with E-state index >= 15 is 0 Å². The summed E-state index contributed by atoms with van der Waals surface area (Å²) in [4.78, 5) is 21.0. The molecule has 0 fully saturated rings. The highest BCUT2D eigenvalue weighted by Gasteiger charge is 2.20. The molecule has 0 aliphatic heterocycles. The Morgan fingerprint density at radius 2 is 1.77 bits per heavy atom. The van der Waals surface area contributed by atoms with Gasteiger partial charge in [0.15, 0.2) is 5.13 Å². The summed E-state index contributed by atoms with van der Waals surface area (Å²) in [5.41, 5.74) is 4.55. The Balaban J connectivity index is 1.60. The molecule has 30 heavy (non-hydrogen) atoms. The Morgan fingerprint density at radius 1 is 1.00 bits per heavy atom. The number of hydrogen-bond acceptors (Lipinski definition) is 4. The summed E-state index contributed by atoms with van der Waals surface area (Å²) in [7, 11) is 0. The maximum atomic E-state index is 13.3. The van der Waals surface area contributed by atoms with Crippen LogP contribution in [0, 0.1) is 6.92 Å². The molecule has 0 radical (unpaired) electrons. The number of benzene rings is 3. The van der Waals surface area contributed by atoms with Crippen LogP contribution in [0.1, 0.15) is 23.6 Å². The monoisotopic (exact) mass is 432 g/mol. The molecule has 3 aromatic carbocycles. The van der Waals surface area contributed by atoms with Crippen molar-refractivity contribution in [3.05, 3.63) is 89.5 Å². The lowest BCUT2D eigenvalue weighted by Gasteiger charge is -2.20. The summed E-state index contributed by atoms with van der Waals surface area (Å²) in [5, 5.41) is 0.761. The van der Waals surface area contributed by atoms with Gasteiger partial charge in [0.2, 0.25) is 5.91 Å². The Hall–Kier alpha value is -2.63. The molecule has 0 spiro atoms. The van der Waals surface area contributed by atoms with Gasteiger partial charge in [-0.25, -0.2) is 4.98 Å². The van der Waals surface area contributed by atoms with Crippen LogP contribution in [-0.2, 0) is 17.8 Å². The van der Waals surface area contributed by atoms with Crippen molar-refractivity contribution in [3.63, 3.8) is 0 Å². The lowest BCUT2D eigenvalue weighted by Crippen LogP contribution is -2.31. The minimum atomic E-state index is 0.0687. The van der Waals surface area contributed by atoms with E-state index in [4.69, 9.17) is 4.98 Å². The fourth-order valence-corrected chi connectivity index (χ4v) is 5.00. The van der Waals surface area contributed by atoms with Crippen LogP contribution in [0.2, 0.25) is 0 Å². The minimum absolute atomic E-state index is 0.0687. The van der Waals surface area contributed by atoms with Crippen molar-refractivity contribution in [2.24, 2.45) is 0 Å². The number of aromatic nitrogens is 1. The van der Waals surface area contributed by atoms with Gasteiger partial charge in [-0.2, -0.15) is 0 Å². The highest BCUT2D eigenvalue weighted by molar-refractivity contribution is 8.00. The number of rotatable bonds is 7. The van der Waals surface area contributed by atoms with Crippen molar-refractivity contribution in [1.82, 2.24) is 4.98 Å². The van der Waals surface area contributed by atoms with Gasteiger partial charge in [0.1, 0.15) is 0 Å². The van der Waals surface area contributed by atoms with E-state index in [-0.39, 0.29) is 5.91 Å². The van der Waals surface area contributed by atoms with Gasteiger partial charge in [0.05, 0.1) is 22.5 Å². The smallest absolute Gasteiger partial charge is 0.239 e. The average molecular weight is 433 g/mol. The number of anilines is 1. The second kappa shape index (κ2) is 9.45. The van der Waals surface area contributed by atoms with Crippen LogP contribution in [0.25, 0.3) is 10.2 Å². The Morgan fingerprint density at radius 3 is 2.50 bits per heavy atom. The van der Waals surface area contributed by atoms with Gasteiger partial charge in [0, 0.05) is 4.90 Å². The highest BCUT2D eigenvalue weighted by atomic mass is 32.2. The van der Waals surface area contributed by atoms with Crippen LogP contribution in [0.4, 0.5) is 5.13 Å². The summed E-state index contributed by atoms with van der Waals surface area (Å²) in [6.45, 7) is 4.74. The molecule has 4 rings (SSSR count). The van der Waals surface area contributed by atoms with E-state index in [1.54, 1.807) is 23.1 Å². The Labute approximate surface area is 185 Å². The molecule has 0 saturated heterocycles. The number of carbonyl (C=O) groups is 1. The molecule has 0 saturated carbocycles. The first-order valence-corrected chi connectivity index (χ1v) is 11.9. The molecule has 1 heterocycles. The van der Waals surface area contributed by atoms with Crippen LogP contribution in [0.3, 0.4) is 0 Å². The largest absolute Gasteiger partial charge is 0.283 e. The molecule has 0 unspecified atom stereocenters. The van der Waals surface area contributed by atoms with Gasteiger partial charge in [-0.05, 0) is 48.7 Å². The molecule has 0 N–H and O–H groups in total. The number of fused-ring (bicyclic) bond motifs is 1. The van der Waals surface area contributed by atoms with Crippen LogP contribution in [0.15, 0.2) is 77.7 Å². The quantitative estimate of drug-likeness (QED) is 0.313. The fraction of sp³-hybridized carbons (Fsp3) is 0.200. The Kier molecular flexibility index (Phi) is 6.50. The number of carbonyl (C=O) groups excluding carboxylic acids is 1. The molecule has 1 aromatic heterocycles. The lowest BCUT2D eigenvalue weighted by molar-refractivity contribution is -0.116. The van der Waals surface area contributed by atoms with E-state index in [1.807, 2.05) is 23.1 Å². The number of nitrogens with zero attached hydrogens (tertiary/aromatic N) is 2. The summed E-state index contributed by atoms with van der Waals surface area (Å²) in [6.07, 6.45) is 0.989. The molecule has 0 aliphatic carbocycles. The first-order valence-electron chi connectivity index (χ1n) is 10.1. The van der Waals surface area contributed by atoms with Crippen LogP contribution < -0.4 is 4.90 Å². The topological polar surface area (TPSA) is 33.2 Å². The van der Waals surface area contributed by atoms with Crippen molar-refractivity contribution < 1.29 is 4.79 Å². The van der Waals surface area contributed by atoms with Gasteiger partial charge >= 0.3 is 0 Å². The Bertz CT molecular complexity index is 1140. The van der Waals surface area contributed by atoms with Gasteiger partial charge in [-0.1, -0.05) is 72.4 Å². The van der Waals surface area contributed by atoms with E-state index in [0.717, 1.165) is 32.2 Å². The van der Waals surface area contributed by atoms with E-state index in [9.17, 15) is 4.79 Å². The van der Waals surface area contributed by atoms with Crippen molar-refractivity contribution in [3.8, 4) is 0 Å². The van der Waals surface area contributed by atoms with Crippen molar-refractivity contribution in [2.75, 3.05) is 10.7 Å². The third-order valence-corrected chi connectivity index (χ3v) is 6.99. The van der Waals surface area contributed by atoms with Crippen LogP contribution >= 0.6 is 23.1 Å². The molecule has 152 valence electrons. The van der Waals surface area contributed by atoms with Gasteiger partial charge < -0.3 is 0 Å². The van der Waals surface area contributed by atoms with Gasteiger partial charge in [-0.15, -0.1) is 11.8 Å². The molecule has 5 heteroatoms. The maximum Gasteiger partial charge on any atom is 0.239 e. The molecule has 3 nitrogen and oxygen atoms in total. The molecule has 0 aliphatic rings. The predicted molar refractivity (Wildman–Crippen MR) is 129 cm³/mol. The fourth-order valence-electron chi connectivity index (χ4n) is 3.18. The lowest BCUT2D eigenvalue weighted by atomic mass is 10.2. The third-order valence-electron chi connectivity index (χ3n) is 4.95. The van der Waals surface area contributed by atoms with Crippen molar-refractivity contribution in [1.29, 1.82) is 0 Å². The zero-order valence-corrected chi connectivity index (χ0v) is 18.8. The first-order chi connectivity index (χ1) is 14.6. The second-order valence-corrected chi connectivity index (χ2v) is 9.28. The standard InChI is InChI=1S/C25H24N2OS2/c1-3-19-11-14-22-23(15-19)30-25(26-22)27(16-20-7-5-4-6-8-20)24(28)17-29-21-12-9-18(2)10-13-21/h4-15H,3,16-17H2,1-2H3. The molecular weight excluding hydrogens is 408 g/mol. The number of amides is 1. The van der Waals surface area contributed by atoms with Crippen molar-refractivity contribution in [2.45, 2.75) is 31.7 Å². The van der Waals surface area contributed by atoms with Crippen LogP contribution in [-0.4, -0.2) is 16.6 Å². The molecular formula is C25H24N2OS2. The normalized spacial score (nSPS) is 11.0. The summed E-state index contributed by atoms with van der Waals surface area (Å²) in [6, 6.07) is 24.7. The van der Waals surface area contributed by atoms with Crippen LogP contribution in [0.5, 0.6) is 0 Å². The van der Waals surface area contributed by atoms with Crippen molar-refractivity contribution >= 4 is 44.4 Å². The van der Waals surface area contributed by atoms with E-state index in [2.05, 4.69) is 68.4 Å². The molecule has 4 aromatic rings. The molecule has 0 atom stereocenters. The summed E-state index contributed by atoms with van der Waals surface area (Å²) >= 11 is 3.16. The zero-order chi connectivity index (χ0) is 20.9. The highest BCUT2D eigenvalue weighted by Crippen LogP contribution is 2.31. The van der Waals surface area contributed by atoms with E-state index in [0.29, 0.717) is 12.3 Å². The average Bonchev–Trinajstić information content (AvgIpc) is 3.20. The minimum Gasteiger partial charge on any atom is -0.283 e. The number of aryl methyl sites for hydroxylation is 2. The molecule has 0 bridgehead atoms. The first kappa shape index (κ1) is 20.6. The summed E-state index contributed by atoms with van der Waals surface area (Å²) in [5.74, 6) is 0.450. The van der Waals surface area contributed by atoms with E-state index < -0.39 is 0 Å². The van der Waals surface area contributed by atoms with E-state index in [1.165, 1.54) is 11.1 Å². The predicted octanol–water partition coefficient (Wildman–Crippen LogP) is 6.49. The number of hydrogen-bond donors (Lipinski definition) is 0.